The van der Waals surface area contributed by atoms with Crippen LogP contribution in [0.2, 0.25) is 10.0 Å². The molecule has 35 heavy (non-hydrogen) atoms. The van der Waals surface area contributed by atoms with Crippen LogP contribution in [-0.2, 0) is 19.1 Å². The normalized spacial score (nSPS) is 22.9. The third-order valence-electron chi connectivity index (χ3n) is 6.20. The van der Waals surface area contributed by atoms with Crippen molar-refractivity contribution in [3.63, 3.8) is 0 Å². The molecule has 4 atom stereocenters. The zero-order valence-corrected chi connectivity index (χ0v) is 20.8. The molecule has 2 fully saturated rings. The van der Waals surface area contributed by atoms with E-state index >= 15 is 0 Å². The van der Waals surface area contributed by atoms with Crippen LogP contribution in [0.1, 0.15) is 49.5 Å². The quantitative estimate of drug-likeness (QED) is 0.419. The number of nitrogens with zero attached hydrogens (tertiary/aromatic N) is 1. The highest BCUT2D eigenvalue weighted by molar-refractivity contribution is 6.30. The van der Waals surface area contributed by atoms with E-state index in [1.54, 1.807) is 35.2 Å². The molecule has 1 heterocycles. The number of hydrogen-bond acceptors (Lipinski definition) is 4. The zero-order valence-electron chi connectivity index (χ0n) is 19.2. The van der Waals surface area contributed by atoms with Gasteiger partial charge in [-0.2, -0.15) is 0 Å². The predicted octanol–water partition coefficient (Wildman–Crippen LogP) is 4.53. The number of halogens is 2. The second-order valence-corrected chi connectivity index (χ2v) is 9.69. The van der Waals surface area contributed by atoms with Gasteiger partial charge in [0.15, 0.2) is 0 Å². The molecule has 1 unspecified atom stereocenters. The number of carbonyl (C=O) groups excluding carboxylic acids is 3. The Morgan fingerprint density at radius 1 is 1.11 bits per heavy atom. The van der Waals surface area contributed by atoms with Gasteiger partial charge in [-0.05, 0) is 54.2 Å². The van der Waals surface area contributed by atoms with Crippen LogP contribution in [0.15, 0.2) is 61.2 Å². The van der Waals surface area contributed by atoms with Crippen molar-refractivity contribution in [3.05, 3.63) is 82.4 Å². The lowest BCUT2D eigenvalue weighted by Crippen LogP contribution is -2.60. The molecule has 1 saturated carbocycles. The summed E-state index contributed by atoms with van der Waals surface area (Å²) >= 11 is 12.5. The van der Waals surface area contributed by atoms with E-state index in [-0.39, 0.29) is 18.2 Å². The van der Waals surface area contributed by atoms with Crippen LogP contribution in [-0.4, -0.2) is 34.8 Å². The second-order valence-electron chi connectivity index (χ2n) is 8.82. The molecule has 1 saturated heterocycles. The first kappa shape index (κ1) is 25.2. The molecule has 0 radical (unpaired) electrons. The number of nitrogens with one attached hydrogen (secondary N) is 2. The van der Waals surface area contributed by atoms with Crippen molar-refractivity contribution in [3.8, 4) is 0 Å². The van der Waals surface area contributed by atoms with Gasteiger partial charge in [0.1, 0.15) is 18.2 Å². The van der Waals surface area contributed by atoms with Crippen LogP contribution in [0.4, 0.5) is 0 Å². The first-order valence-electron chi connectivity index (χ1n) is 11.5. The molecule has 0 spiro atoms. The van der Waals surface area contributed by atoms with Gasteiger partial charge >= 0.3 is 0 Å². The van der Waals surface area contributed by atoms with Gasteiger partial charge in [0, 0.05) is 23.4 Å². The van der Waals surface area contributed by atoms with Gasteiger partial charge in [-0.15, -0.1) is 6.58 Å². The van der Waals surface area contributed by atoms with Crippen LogP contribution >= 0.6 is 23.2 Å². The van der Waals surface area contributed by atoms with Gasteiger partial charge < -0.3 is 9.64 Å². The van der Waals surface area contributed by atoms with Crippen molar-refractivity contribution in [2.45, 2.75) is 50.5 Å². The largest absolute Gasteiger partial charge is 0.358 e. The summed E-state index contributed by atoms with van der Waals surface area (Å²) in [4.78, 5) is 40.3. The summed E-state index contributed by atoms with van der Waals surface area (Å²) in [5, 5.41) is 1.08. The van der Waals surface area contributed by atoms with Gasteiger partial charge in [-0.25, -0.2) is 0 Å². The molecule has 2 N–H and O–H groups in total. The Morgan fingerprint density at radius 2 is 1.83 bits per heavy atom. The van der Waals surface area contributed by atoms with Crippen molar-refractivity contribution in [1.29, 1.82) is 0 Å². The van der Waals surface area contributed by atoms with E-state index in [0.29, 0.717) is 10.0 Å². The smallest absolute Gasteiger partial charge is 0.261 e. The van der Waals surface area contributed by atoms with Crippen LogP contribution in [0, 0.1) is 5.92 Å². The minimum atomic E-state index is -0.824. The van der Waals surface area contributed by atoms with Crippen LogP contribution < -0.4 is 10.9 Å². The highest BCUT2D eigenvalue weighted by atomic mass is 35.5. The van der Waals surface area contributed by atoms with Gasteiger partial charge in [-0.1, -0.05) is 53.5 Å². The SMILES string of the molecule is C=CC[C@H]1O[C@H](c2cccc(Cl)c2)[C@H](c2ccc(Cl)cc2)N(C(C(=O)NNC(C)=O)C2CC2)C1=O. The summed E-state index contributed by atoms with van der Waals surface area (Å²) in [7, 11) is 0. The molecule has 2 aliphatic rings. The Labute approximate surface area is 214 Å². The highest BCUT2D eigenvalue weighted by Gasteiger charge is 2.52. The Bertz CT molecular complexity index is 1120. The van der Waals surface area contributed by atoms with Crippen LogP contribution in [0.25, 0.3) is 0 Å². The average Bonchev–Trinajstić information content (AvgIpc) is 3.66. The van der Waals surface area contributed by atoms with Crippen LogP contribution in [0.5, 0.6) is 0 Å². The predicted molar refractivity (Wildman–Crippen MR) is 133 cm³/mol. The van der Waals surface area contributed by atoms with Crippen molar-refractivity contribution >= 4 is 40.9 Å². The lowest BCUT2D eigenvalue weighted by Gasteiger charge is -2.47. The Kier molecular flexibility index (Phi) is 7.79. The molecule has 184 valence electrons. The monoisotopic (exact) mass is 515 g/mol. The standard InChI is InChI=1S/C26H27Cl2N3O4/c1-3-5-21-26(34)31(23(17-8-9-17)25(33)30-29-15(2)32)22(16-10-12-19(27)13-11-16)24(35-21)18-6-4-7-20(28)14-18/h3-4,6-7,10-14,17,21-24H,1,5,8-9H2,2H3,(H,29,32)(H,30,33)/t21-,22+,23?,24-/m1/s1. The number of amides is 3. The fourth-order valence-corrected chi connectivity index (χ4v) is 4.84. The second kappa shape index (κ2) is 10.8. The summed E-state index contributed by atoms with van der Waals surface area (Å²) in [6, 6.07) is 13.0. The molecule has 2 aromatic carbocycles. The summed E-state index contributed by atoms with van der Waals surface area (Å²) in [6.45, 7) is 5.08. The molecule has 3 amide bonds. The third-order valence-corrected chi connectivity index (χ3v) is 6.68. The minimum absolute atomic E-state index is 0.0370. The number of carbonyl (C=O) groups is 3. The maximum absolute atomic E-state index is 13.9. The fraction of sp³-hybridized carbons (Fsp3) is 0.346. The summed E-state index contributed by atoms with van der Waals surface area (Å²) < 4.78 is 6.38. The molecule has 0 bridgehead atoms. The minimum Gasteiger partial charge on any atom is -0.358 e. The molecule has 1 aliphatic carbocycles. The van der Waals surface area contributed by atoms with Gasteiger partial charge in [-0.3, -0.25) is 25.2 Å². The summed E-state index contributed by atoms with van der Waals surface area (Å²) in [5.41, 5.74) is 6.37. The van der Waals surface area contributed by atoms with E-state index in [1.807, 2.05) is 24.3 Å². The lowest BCUT2D eigenvalue weighted by molar-refractivity contribution is -0.182. The summed E-state index contributed by atoms with van der Waals surface area (Å²) in [5.74, 6) is -1.20. The van der Waals surface area contributed by atoms with Crippen molar-refractivity contribution < 1.29 is 19.1 Å². The number of rotatable bonds is 7. The Balaban J connectivity index is 1.84. The molecule has 7 nitrogen and oxygen atoms in total. The van der Waals surface area contributed by atoms with E-state index in [0.717, 1.165) is 24.0 Å². The first-order valence-corrected chi connectivity index (χ1v) is 12.2. The Morgan fingerprint density at radius 3 is 2.43 bits per heavy atom. The van der Waals surface area contributed by atoms with E-state index in [1.165, 1.54) is 6.92 Å². The third kappa shape index (κ3) is 5.69. The fourth-order valence-electron chi connectivity index (χ4n) is 4.52. The van der Waals surface area contributed by atoms with Crippen molar-refractivity contribution in [2.24, 2.45) is 5.92 Å². The number of ether oxygens (including phenoxy) is 1. The lowest BCUT2D eigenvalue weighted by atomic mass is 9.89. The number of hydrogen-bond donors (Lipinski definition) is 2. The molecule has 4 rings (SSSR count). The molecule has 0 aromatic heterocycles. The molecule has 1 aliphatic heterocycles. The Hall–Kier alpha value is -2.87. The van der Waals surface area contributed by atoms with Crippen LogP contribution in [0.3, 0.4) is 0 Å². The molecular weight excluding hydrogens is 489 g/mol. The van der Waals surface area contributed by atoms with Gasteiger partial charge in [0.2, 0.25) is 5.91 Å². The molecule has 2 aromatic rings. The molecular formula is C26H27Cl2N3O4. The highest BCUT2D eigenvalue weighted by Crippen LogP contribution is 2.48. The maximum Gasteiger partial charge on any atom is 0.261 e. The van der Waals surface area contributed by atoms with Gasteiger partial charge in [0.25, 0.3) is 11.8 Å². The van der Waals surface area contributed by atoms with E-state index in [9.17, 15) is 14.4 Å². The number of benzene rings is 2. The first-order chi connectivity index (χ1) is 16.8. The summed E-state index contributed by atoms with van der Waals surface area (Å²) in [6.07, 6.45) is 2.07. The van der Waals surface area contributed by atoms with Gasteiger partial charge in [0.05, 0.1) is 6.04 Å². The maximum atomic E-state index is 13.9. The number of morpholine rings is 1. The van der Waals surface area contributed by atoms with Crippen molar-refractivity contribution in [2.75, 3.05) is 0 Å². The van der Waals surface area contributed by atoms with E-state index in [2.05, 4.69) is 17.4 Å². The van der Waals surface area contributed by atoms with E-state index in [4.69, 9.17) is 27.9 Å². The molecule has 9 heteroatoms. The van der Waals surface area contributed by atoms with Crippen molar-refractivity contribution in [1.82, 2.24) is 15.8 Å². The number of hydrazine groups is 1. The average molecular weight is 516 g/mol. The van der Waals surface area contributed by atoms with E-state index < -0.39 is 36.1 Å². The zero-order chi connectivity index (χ0) is 25.1. The topological polar surface area (TPSA) is 87.7 Å².